The SMILES string of the molecule is CC.CC.CC(=O)c1cc[nH]c1. The van der Waals surface area contributed by atoms with Crippen LogP contribution in [0.4, 0.5) is 0 Å². The third-order valence-corrected chi connectivity index (χ3v) is 1.00. The summed E-state index contributed by atoms with van der Waals surface area (Å²) in [5.41, 5.74) is 0.741. The van der Waals surface area contributed by atoms with Crippen LogP contribution < -0.4 is 0 Å². The van der Waals surface area contributed by atoms with Crippen molar-refractivity contribution < 1.29 is 4.79 Å². The lowest BCUT2D eigenvalue weighted by Gasteiger charge is -1.79. The van der Waals surface area contributed by atoms with Gasteiger partial charge in [-0.05, 0) is 13.0 Å². The zero-order valence-electron chi connectivity index (χ0n) is 8.64. The molecule has 0 aliphatic heterocycles. The Kier molecular flexibility index (Phi) is 11.2. The quantitative estimate of drug-likeness (QED) is 0.643. The predicted octanol–water partition coefficient (Wildman–Crippen LogP) is 3.27. The second-order valence-corrected chi connectivity index (χ2v) is 1.66. The van der Waals surface area contributed by atoms with Gasteiger partial charge in [-0.2, -0.15) is 0 Å². The molecule has 0 spiro atoms. The molecule has 12 heavy (non-hydrogen) atoms. The number of hydrogen-bond donors (Lipinski definition) is 1. The number of nitrogens with one attached hydrogen (secondary N) is 1. The number of aromatic nitrogens is 1. The van der Waals surface area contributed by atoms with Crippen molar-refractivity contribution in [2.75, 3.05) is 0 Å². The van der Waals surface area contributed by atoms with Crippen molar-refractivity contribution in [2.24, 2.45) is 0 Å². The first-order valence-electron chi connectivity index (χ1n) is 4.44. The Labute approximate surface area is 75.0 Å². The maximum atomic E-state index is 10.5. The summed E-state index contributed by atoms with van der Waals surface area (Å²) in [6.45, 7) is 9.54. The standard InChI is InChI=1S/C6H7NO.2C2H6/c1-5(8)6-2-3-7-4-6;2*1-2/h2-4,7H,1H3;2*1-2H3. The molecule has 2 heteroatoms. The average molecular weight is 169 g/mol. The summed E-state index contributed by atoms with van der Waals surface area (Å²) in [7, 11) is 0. The van der Waals surface area contributed by atoms with E-state index in [0.29, 0.717) is 0 Å². The summed E-state index contributed by atoms with van der Waals surface area (Å²) in [6.07, 6.45) is 3.42. The molecule has 1 aromatic rings. The zero-order chi connectivity index (χ0) is 9.98. The molecule has 0 radical (unpaired) electrons. The molecule has 70 valence electrons. The second kappa shape index (κ2) is 9.95. The van der Waals surface area contributed by atoms with Gasteiger partial charge in [-0.3, -0.25) is 4.79 Å². The van der Waals surface area contributed by atoms with Gasteiger partial charge in [0, 0.05) is 18.0 Å². The minimum atomic E-state index is 0.103. The van der Waals surface area contributed by atoms with Gasteiger partial charge in [0.15, 0.2) is 5.78 Å². The highest BCUT2D eigenvalue weighted by Gasteiger charge is 1.94. The first-order valence-corrected chi connectivity index (χ1v) is 4.44. The molecule has 0 atom stereocenters. The first kappa shape index (κ1) is 13.5. The van der Waals surface area contributed by atoms with Crippen LogP contribution in [0.3, 0.4) is 0 Å². The van der Waals surface area contributed by atoms with Gasteiger partial charge in [-0.15, -0.1) is 0 Å². The molecule has 1 heterocycles. The van der Waals surface area contributed by atoms with Gasteiger partial charge in [-0.25, -0.2) is 0 Å². The lowest BCUT2D eigenvalue weighted by molar-refractivity contribution is 0.101. The summed E-state index contributed by atoms with van der Waals surface area (Å²) in [5.74, 6) is 0.103. The van der Waals surface area contributed by atoms with Crippen molar-refractivity contribution in [2.45, 2.75) is 34.6 Å². The molecule has 0 bridgehead atoms. The van der Waals surface area contributed by atoms with Crippen LogP contribution in [-0.2, 0) is 0 Å². The molecule has 0 amide bonds. The van der Waals surface area contributed by atoms with Crippen LogP contribution in [-0.4, -0.2) is 10.8 Å². The number of Topliss-reactive ketones (excluding diaryl/α,β-unsaturated/α-hetero) is 1. The average Bonchev–Trinajstić information content (AvgIpc) is 2.64. The highest BCUT2D eigenvalue weighted by atomic mass is 16.1. The van der Waals surface area contributed by atoms with Crippen LogP contribution in [0, 0.1) is 0 Å². The number of H-pyrrole nitrogens is 1. The fourth-order valence-corrected chi connectivity index (χ4v) is 0.543. The second-order valence-electron chi connectivity index (χ2n) is 1.66. The highest BCUT2D eigenvalue weighted by molar-refractivity contribution is 5.93. The number of carbonyl (C=O) groups is 1. The van der Waals surface area contributed by atoms with Gasteiger partial charge in [0.25, 0.3) is 0 Å². The van der Waals surface area contributed by atoms with Crippen molar-refractivity contribution in [3.63, 3.8) is 0 Å². The van der Waals surface area contributed by atoms with Crippen LogP contribution in [0.2, 0.25) is 0 Å². The Morgan fingerprint density at radius 2 is 1.75 bits per heavy atom. The Hall–Kier alpha value is -1.05. The lowest BCUT2D eigenvalue weighted by atomic mass is 10.2. The van der Waals surface area contributed by atoms with E-state index in [2.05, 4.69) is 4.98 Å². The minimum Gasteiger partial charge on any atom is -0.367 e. The fraction of sp³-hybridized carbons (Fsp3) is 0.500. The van der Waals surface area contributed by atoms with Gasteiger partial charge in [-0.1, -0.05) is 27.7 Å². The lowest BCUT2D eigenvalue weighted by Crippen LogP contribution is -1.85. The molecule has 1 rings (SSSR count). The molecule has 1 N–H and O–H groups in total. The predicted molar refractivity (Wildman–Crippen MR) is 53.5 cm³/mol. The minimum absolute atomic E-state index is 0.103. The molecule has 0 saturated carbocycles. The van der Waals surface area contributed by atoms with E-state index in [4.69, 9.17) is 0 Å². The van der Waals surface area contributed by atoms with Crippen LogP contribution in [0.5, 0.6) is 0 Å². The Bertz CT molecular complexity index is 178. The third-order valence-electron chi connectivity index (χ3n) is 1.00. The van der Waals surface area contributed by atoms with Crippen LogP contribution >= 0.6 is 0 Å². The van der Waals surface area contributed by atoms with E-state index in [-0.39, 0.29) is 5.78 Å². The van der Waals surface area contributed by atoms with E-state index in [1.807, 2.05) is 27.7 Å². The summed E-state index contributed by atoms with van der Waals surface area (Å²) in [4.78, 5) is 13.3. The molecule has 0 saturated heterocycles. The van der Waals surface area contributed by atoms with Gasteiger partial charge in [0.2, 0.25) is 0 Å². The van der Waals surface area contributed by atoms with Crippen molar-refractivity contribution in [3.8, 4) is 0 Å². The molecular formula is C10H19NO. The first-order chi connectivity index (χ1) is 5.80. The van der Waals surface area contributed by atoms with E-state index in [0.717, 1.165) is 5.56 Å². The van der Waals surface area contributed by atoms with E-state index >= 15 is 0 Å². The Balaban J connectivity index is 0. The molecular weight excluding hydrogens is 150 g/mol. The van der Waals surface area contributed by atoms with Crippen molar-refractivity contribution in [3.05, 3.63) is 24.0 Å². The van der Waals surface area contributed by atoms with Gasteiger partial charge >= 0.3 is 0 Å². The Morgan fingerprint density at radius 1 is 1.25 bits per heavy atom. The molecule has 0 aromatic carbocycles. The molecule has 2 nitrogen and oxygen atoms in total. The van der Waals surface area contributed by atoms with Gasteiger partial charge < -0.3 is 4.98 Å². The third kappa shape index (κ3) is 5.71. The van der Waals surface area contributed by atoms with Crippen molar-refractivity contribution >= 4 is 5.78 Å². The summed E-state index contributed by atoms with van der Waals surface area (Å²) in [5, 5.41) is 0. The molecule has 0 aliphatic rings. The summed E-state index contributed by atoms with van der Waals surface area (Å²) in [6, 6.07) is 1.75. The highest BCUT2D eigenvalue weighted by Crippen LogP contribution is 1.95. The van der Waals surface area contributed by atoms with E-state index < -0.39 is 0 Å². The summed E-state index contributed by atoms with van der Waals surface area (Å²) >= 11 is 0. The van der Waals surface area contributed by atoms with E-state index in [1.165, 1.54) is 0 Å². The Morgan fingerprint density at radius 3 is 1.92 bits per heavy atom. The number of hydrogen-bond acceptors (Lipinski definition) is 1. The zero-order valence-corrected chi connectivity index (χ0v) is 8.64. The van der Waals surface area contributed by atoms with Crippen molar-refractivity contribution in [1.82, 2.24) is 4.98 Å². The van der Waals surface area contributed by atoms with Gasteiger partial charge in [0.05, 0.1) is 0 Å². The van der Waals surface area contributed by atoms with E-state index in [9.17, 15) is 4.79 Å². The maximum absolute atomic E-state index is 10.5. The molecule has 0 fully saturated rings. The maximum Gasteiger partial charge on any atom is 0.161 e. The molecule has 1 aromatic heterocycles. The largest absolute Gasteiger partial charge is 0.367 e. The monoisotopic (exact) mass is 169 g/mol. The molecule has 0 aliphatic carbocycles. The van der Waals surface area contributed by atoms with E-state index in [1.54, 1.807) is 25.4 Å². The molecule has 0 unspecified atom stereocenters. The summed E-state index contributed by atoms with van der Waals surface area (Å²) < 4.78 is 0. The van der Waals surface area contributed by atoms with Crippen LogP contribution in [0.1, 0.15) is 45.0 Å². The smallest absolute Gasteiger partial charge is 0.161 e. The number of ketones is 1. The van der Waals surface area contributed by atoms with Crippen molar-refractivity contribution in [1.29, 1.82) is 0 Å². The van der Waals surface area contributed by atoms with Crippen LogP contribution in [0.15, 0.2) is 18.5 Å². The number of carbonyl (C=O) groups excluding carboxylic acids is 1. The topological polar surface area (TPSA) is 32.9 Å². The normalized spacial score (nSPS) is 7.08. The van der Waals surface area contributed by atoms with Crippen LogP contribution in [0.25, 0.3) is 0 Å². The fourth-order valence-electron chi connectivity index (χ4n) is 0.543. The van der Waals surface area contributed by atoms with Gasteiger partial charge in [0.1, 0.15) is 0 Å². The number of aromatic amines is 1. The number of rotatable bonds is 1.